The van der Waals surface area contributed by atoms with Gasteiger partial charge in [-0.3, -0.25) is 0 Å². The summed E-state index contributed by atoms with van der Waals surface area (Å²) in [5.41, 5.74) is 5.26. The number of hydrogen-bond donors (Lipinski definition) is 1. The standard InChI is InChI=1S/C16H13ClF3NO3/c1-23-14-7-13(21)12(17)6-11(14)15(22)24-8-9-3-2-4-10(5-9)16(18,19)20/h2-7H,8,21H2,1H3. The van der Waals surface area contributed by atoms with Crippen molar-refractivity contribution in [3.63, 3.8) is 0 Å². The monoisotopic (exact) mass is 359 g/mol. The Balaban J connectivity index is 2.16. The first-order valence-corrected chi connectivity index (χ1v) is 7.06. The van der Waals surface area contributed by atoms with Gasteiger partial charge in [-0.1, -0.05) is 23.7 Å². The molecule has 2 aromatic carbocycles. The highest BCUT2D eigenvalue weighted by molar-refractivity contribution is 6.33. The molecule has 24 heavy (non-hydrogen) atoms. The molecule has 0 unspecified atom stereocenters. The van der Waals surface area contributed by atoms with E-state index in [2.05, 4.69) is 0 Å². The third-order valence-electron chi connectivity index (χ3n) is 3.16. The summed E-state index contributed by atoms with van der Waals surface area (Å²) in [5.74, 6) is -0.628. The smallest absolute Gasteiger partial charge is 0.416 e. The van der Waals surface area contributed by atoms with Gasteiger partial charge < -0.3 is 15.2 Å². The highest BCUT2D eigenvalue weighted by atomic mass is 35.5. The Bertz CT molecular complexity index is 763. The zero-order chi connectivity index (χ0) is 17.9. The molecule has 0 spiro atoms. The van der Waals surface area contributed by atoms with Crippen LogP contribution in [0.3, 0.4) is 0 Å². The maximum absolute atomic E-state index is 12.7. The number of carbonyl (C=O) groups is 1. The molecule has 0 saturated carbocycles. The van der Waals surface area contributed by atoms with E-state index in [-0.39, 0.29) is 34.2 Å². The quantitative estimate of drug-likeness (QED) is 0.653. The molecule has 0 radical (unpaired) electrons. The topological polar surface area (TPSA) is 61.5 Å². The molecule has 2 N–H and O–H groups in total. The SMILES string of the molecule is COc1cc(N)c(Cl)cc1C(=O)OCc1cccc(C(F)(F)F)c1. The maximum Gasteiger partial charge on any atom is 0.416 e. The molecule has 0 heterocycles. The average molecular weight is 360 g/mol. The van der Waals surface area contributed by atoms with E-state index in [1.54, 1.807) is 0 Å². The molecule has 0 fully saturated rings. The van der Waals surface area contributed by atoms with Crippen molar-refractivity contribution in [3.05, 3.63) is 58.1 Å². The largest absolute Gasteiger partial charge is 0.496 e. The molecule has 8 heteroatoms. The van der Waals surface area contributed by atoms with Crippen molar-refractivity contribution in [1.29, 1.82) is 0 Å². The van der Waals surface area contributed by atoms with Gasteiger partial charge in [0.25, 0.3) is 0 Å². The Morgan fingerprint density at radius 2 is 1.96 bits per heavy atom. The zero-order valence-corrected chi connectivity index (χ0v) is 13.2. The Morgan fingerprint density at radius 1 is 1.25 bits per heavy atom. The minimum absolute atomic E-state index is 0.0312. The highest BCUT2D eigenvalue weighted by Gasteiger charge is 2.30. The number of anilines is 1. The van der Waals surface area contributed by atoms with E-state index in [9.17, 15) is 18.0 Å². The van der Waals surface area contributed by atoms with Crippen LogP contribution < -0.4 is 10.5 Å². The number of ether oxygens (including phenoxy) is 2. The van der Waals surface area contributed by atoms with Gasteiger partial charge in [-0.25, -0.2) is 4.79 Å². The fourth-order valence-electron chi connectivity index (χ4n) is 1.96. The molecule has 2 rings (SSSR count). The lowest BCUT2D eigenvalue weighted by Crippen LogP contribution is -2.09. The van der Waals surface area contributed by atoms with Crippen LogP contribution in [0.5, 0.6) is 5.75 Å². The van der Waals surface area contributed by atoms with Gasteiger partial charge in [0.1, 0.15) is 17.9 Å². The predicted molar refractivity (Wildman–Crippen MR) is 83.0 cm³/mol. The highest BCUT2D eigenvalue weighted by Crippen LogP contribution is 2.31. The van der Waals surface area contributed by atoms with Crippen LogP contribution in [0.4, 0.5) is 18.9 Å². The molecule has 0 bridgehead atoms. The number of carbonyl (C=O) groups excluding carboxylic acids is 1. The minimum atomic E-state index is -4.46. The van der Waals surface area contributed by atoms with Gasteiger partial charge in [0, 0.05) is 6.07 Å². The third-order valence-corrected chi connectivity index (χ3v) is 3.49. The first-order valence-electron chi connectivity index (χ1n) is 6.68. The second kappa shape index (κ2) is 7.00. The molecule has 0 aromatic heterocycles. The van der Waals surface area contributed by atoms with Crippen LogP contribution in [0, 0.1) is 0 Å². The number of nitrogens with two attached hydrogens (primary N) is 1. The Kier molecular flexibility index (Phi) is 5.23. The van der Waals surface area contributed by atoms with Crippen LogP contribution >= 0.6 is 11.6 Å². The Hall–Kier alpha value is -2.41. The first kappa shape index (κ1) is 17.9. The van der Waals surface area contributed by atoms with Gasteiger partial charge in [0.15, 0.2) is 0 Å². The zero-order valence-electron chi connectivity index (χ0n) is 12.5. The molecule has 4 nitrogen and oxygen atoms in total. The van der Waals surface area contributed by atoms with Crippen molar-refractivity contribution < 1.29 is 27.4 Å². The molecule has 2 aromatic rings. The predicted octanol–water partition coefficient (Wildman–Crippen LogP) is 4.31. The summed E-state index contributed by atoms with van der Waals surface area (Å²) >= 11 is 5.86. The van der Waals surface area contributed by atoms with Crippen LogP contribution in [0.2, 0.25) is 5.02 Å². The summed E-state index contributed by atoms with van der Waals surface area (Å²) in [7, 11) is 1.34. The fourth-order valence-corrected chi connectivity index (χ4v) is 2.13. The second-order valence-corrected chi connectivity index (χ2v) is 5.26. The van der Waals surface area contributed by atoms with Crippen LogP contribution in [0.25, 0.3) is 0 Å². The van der Waals surface area contributed by atoms with E-state index in [1.807, 2.05) is 0 Å². The molecule has 0 aliphatic carbocycles. The van der Waals surface area contributed by atoms with E-state index >= 15 is 0 Å². The van der Waals surface area contributed by atoms with Gasteiger partial charge in [0.05, 0.1) is 23.4 Å². The molecule has 128 valence electrons. The van der Waals surface area contributed by atoms with Crippen molar-refractivity contribution in [2.24, 2.45) is 0 Å². The molecule has 0 atom stereocenters. The summed E-state index contributed by atoms with van der Waals surface area (Å²) in [5, 5.41) is 0.141. The lowest BCUT2D eigenvalue weighted by molar-refractivity contribution is -0.137. The van der Waals surface area contributed by atoms with E-state index in [1.165, 1.54) is 31.4 Å². The minimum Gasteiger partial charge on any atom is -0.496 e. The van der Waals surface area contributed by atoms with Gasteiger partial charge in [-0.2, -0.15) is 13.2 Å². The number of nitrogen functional groups attached to an aromatic ring is 1. The lowest BCUT2D eigenvalue weighted by Gasteiger charge is -2.12. The molecular weight excluding hydrogens is 347 g/mol. The summed E-state index contributed by atoms with van der Waals surface area (Å²) in [4.78, 5) is 12.1. The van der Waals surface area contributed by atoms with Crippen molar-refractivity contribution in [3.8, 4) is 5.75 Å². The van der Waals surface area contributed by atoms with Gasteiger partial charge in [-0.15, -0.1) is 0 Å². The van der Waals surface area contributed by atoms with E-state index in [0.717, 1.165) is 12.1 Å². The second-order valence-electron chi connectivity index (χ2n) is 4.85. The summed E-state index contributed by atoms with van der Waals surface area (Å²) < 4.78 is 48.0. The molecular formula is C16H13ClF3NO3. The van der Waals surface area contributed by atoms with Gasteiger partial charge in [0.2, 0.25) is 0 Å². The van der Waals surface area contributed by atoms with Gasteiger partial charge in [-0.05, 0) is 23.8 Å². The molecule has 0 aliphatic heterocycles. The van der Waals surface area contributed by atoms with E-state index in [4.69, 9.17) is 26.8 Å². The molecule has 0 saturated heterocycles. The first-order chi connectivity index (χ1) is 11.2. The number of methoxy groups -OCH3 is 1. The van der Waals surface area contributed by atoms with Crippen LogP contribution in [0.15, 0.2) is 36.4 Å². The number of alkyl halides is 3. The summed E-state index contributed by atoms with van der Waals surface area (Å²) in [6.45, 7) is -0.325. The maximum atomic E-state index is 12.7. The number of benzene rings is 2. The van der Waals surface area contributed by atoms with E-state index in [0.29, 0.717) is 0 Å². The number of halogens is 4. The van der Waals surface area contributed by atoms with Crippen molar-refractivity contribution in [1.82, 2.24) is 0 Å². The van der Waals surface area contributed by atoms with Crippen LogP contribution in [0.1, 0.15) is 21.5 Å². The Labute approximate surface area is 140 Å². The molecule has 0 amide bonds. The Morgan fingerprint density at radius 3 is 2.58 bits per heavy atom. The van der Waals surface area contributed by atoms with Crippen LogP contribution in [-0.4, -0.2) is 13.1 Å². The lowest BCUT2D eigenvalue weighted by atomic mass is 10.1. The fraction of sp³-hybridized carbons (Fsp3) is 0.188. The summed E-state index contributed by atoms with van der Waals surface area (Å²) in [6.07, 6.45) is -4.46. The molecule has 0 aliphatic rings. The summed E-state index contributed by atoms with van der Waals surface area (Å²) in [6, 6.07) is 7.17. The number of esters is 1. The van der Waals surface area contributed by atoms with Crippen molar-refractivity contribution in [2.75, 3.05) is 12.8 Å². The van der Waals surface area contributed by atoms with Crippen molar-refractivity contribution >= 4 is 23.3 Å². The third kappa shape index (κ3) is 4.11. The van der Waals surface area contributed by atoms with E-state index < -0.39 is 17.7 Å². The normalized spacial score (nSPS) is 11.2. The number of hydrogen-bond acceptors (Lipinski definition) is 4. The van der Waals surface area contributed by atoms with Crippen molar-refractivity contribution in [2.45, 2.75) is 12.8 Å². The average Bonchev–Trinajstić information content (AvgIpc) is 2.54. The number of rotatable bonds is 4. The van der Waals surface area contributed by atoms with Gasteiger partial charge >= 0.3 is 12.1 Å². The van der Waals surface area contributed by atoms with Crippen LogP contribution in [-0.2, 0) is 17.5 Å².